The fourth-order valence-corrected chi connectivity index (χ4v) is 7.06. The first-order valence-electron chi connectivity index (χ1n) is 16.6. The predicted octanol–water partition coefficient (Wildman–Crippen LogP) is 10.5. The van der Waals surface area contributed by atoms with Crippen LogP contribution in [0.5, 0.6) is 0 Å². The van der Waals surface area contributed by atoms with Crippen LogP contribution in [0.4, 0.5) is 0 Å². The summed E-state index contributed by atoms with van der Waals surface area (Å²) in [6.07, 6.45) is -0.587. The summed E-state index contributed by atoms with van der Waals surface area (Å²) in [5.74, 6) is 0. The van der Waals surface area contributed by atoms with E-state index in [1.165, 1.54) is 60.1 Å². The maximum atomic E-state index is 6.83. The Hall–Kier alpha value is -5.58. The van der Waals surface area contributed by atoms with Crippen molar-refractivity contribution in [2.75, 3.05) is 0 Å². The maximum absolute atomic E-state index is 6.83. The van der Waals surface area contributed by atoms with Gasteiger partial charge in [-0.3, -0.25) is 10.6 Å². The molecule has 0 heterocycles. The smallest absolute Gasteiger partial charge is 0.0858 e. The van der Waals surface area contributed by atoms with Crippen LogP contribution in [0.2, 0.25) is 0 Å². The Morgan fingerprint density at radius 2 is 1.10 bits per heavy atom. The zero-order valence-electron chi connectivity index (χ0n) is 26.7. The van der Waals surface area contributed by atoms with Crippen LogP contribution < -0.4 is 16.4 Å². The minimum absolute atomic E-state index is 0.224. The molecule has 232 valence electrons. The molecule has 8 aromatic rings. The van der Waals surface area contributed by atoms with Crippen molar-refractivity contribution in [3.63, 3.8) is 0 Å². The molecule has 8 rings (SSSR count). The van der Waals surface area contributed by atoms with Gasteiger partial charge in [0.15, 0.2) is 0 Å². The number of hydrogen-bond acceptors (Lipinski definition) is 3. The van der Waals surface area contributed by atoms with E-state index in [9.17, 15) is 0 Å². The highest BCUT2D eigenvalue weighted by molar-refractivity contribution is 6.20. The molecule has 0 aliphatic carbocycles. The Bertz CT molecular complexity index is 2350. The fraction of sp³-hybridized carbons (Fsp3) is 0.0667. The van der Waals surface area contributed by atoms with Crippen LogP contribution in [0, 0.1) is 0 Å². The molecule has 0 amide bonds. The molecular weight excluding hydrogens is 583 g/mol. The van der Waals surface area contributed by atoms with E-state index >= 15 is 0 Å². The molecule has 0 fully saturated rings. The van der Waals surface area contributed by atoms with Crippen LogP contribution in [-0.4, -0.2) is 0 Å². The van der Waals surface area contributed by atoms with Crippen LogP contribution >= 0.6 is 0 Å². The molecule has 0 spiro atoms. The molecule has 0 bridgehead atoms. The van der Waals surface area contributed by atoms with Crippen molar-refractivity contribution >= 4 is 32.3 Å². The van der Waals surface area contributed by atoms with E-state index in [0.29, 0.717) is 6.54 Å². The van der Waals surface area contributed by atoms with Crippen molar-refractivity contribution in [1.29, 1.82) is 0 Å². The van der Waals surface area contributed by atoms with Crippen molar-refractivity contribution < 1.29 is 0 Å². The molecular formula is C45H37N3. The van der Waals surface area contributed by atoms with Gasteiger partial charge in [-0.05, 0) is 77.3 Å². The summed E-state index contributed by atoms with van der Waals surface area (Å²) in [4.78, 5) is 0. The van der Waals surface area contributed by atoms with Gasteiger partial charge in [0, 0.05) is 6.54 Å². The molecule has 4 N–H and O–H groups in total. The van der Waals surface area contributed by atoms with Crippen molar-refractivity contribution in [3.8, 4) is 22.3 Å². The first kappa shape index (κ1) is 29.8. The number of fused-ring (bicyclic) bond motifs is 4. The van der Waals surface area contributed by atoms with E-state index in [4.69, 9.17) is 5.73 Å². The average Bonchev–Trinajstić information content (AvgIpc) is 3.16. The summed E-state index contributed by atoms with van der Waals surface area (Å²) in [6.45, 7) is 0.636. The summed E-state index contributed by atoms with van der Waals surface area (Å²) >= 11 is 0. The summed E-state index contributed by atoms with van der Waals surface area (Å²) in [5.41, 5.74) is 15.1. The van der Waals surface area contributed by atoms with E-state index < -0.39 is 0 Å². The second kappa shape index (κ2) is 13.3. The molecule has 2 unspecified atom stereocenters. The predicted molar refractivity (Wildman–Crippen MR) is 202 cm³/mol. The fourth-order valence-electron chi connectivity index (χ4n) is 7.06. The molecule has 3 heteroatoms. The quantitative estimate of drug-likeness (QED) is 0.0856. The van der Waals surface area contributed by atoms with Crippen LogP contribution in [0.1, 0.15) is 29.0 Å². The Morgan fingerprint density at radius 1 is 0.479 bits per heavy atom. The van der Waals surface area contributed by atoms with Crippen LogP contribution in [-0.2, 0) is 6.54 Å². The van der Waals surface area contributed by atoms with Crippen LogP contribution in [0.3, 0.4) is 0 Å². The lowest BCUT2D eigenvalue weighted by molar-refractivity contribution is 0.386. The highest BCUT2D eigenvalue weighted by Gasteiger charge is 2.21. The molecule has 0 radical (unpaired) electrons. The van der Waals surface area contributed by atoms with Crippen LogP contribution in [0.25, 0.3) is 54.6 Å². The number of rotatable bonds is 9. The van der Waals surface area contributed by atoms with Gasteiger partial charge in [-0.1, -0.05) is 170 Å². The van der Waals surface area contributed by atoms with Gasteiger partial charge in [0.1, 0.15) is 0 Å². The zero-order chi connectivity index (χ0) is 32.3. The monoisotopic (exact) mass is 619 g/mol. The first-order valence-corrected chi connectivity index (χ1v) is 16.6. The van der Waals surface area contributed by atoms with Gasteiger partial charge >= 0.3 is 0 Å². The van der Waals surface area contributed by atoms with Gasteiger partial charge in [-0.2, -0.15) is 0 Å². The van der Waals surface area contributed by atoms with Gasteiger partial charge in [0.05, 0.1) is 12.3 Å². The molecule has 8 aromatic carbocycles. The molecule has 0 saturated heterocycles. The lowest BCUT2D eigenvalue weighted by Gasteiger charge is -2.28. The second-order valence-corrected chi connectivity index (χ2v) is 12.3. The minimum Gasteiger partial charge on any atom is -0.312 e. The van der Waals surface area contributed by atoms with E-state index in [-0.39, 0.29) is 12.3 Å². The third-order valence-electron chi connectivity index (χ3n) is 9.41. The van der Waals surface area contributed by atoms with E-state index in [0.717, 1.165) is 11.1 Å². The number of nitrogens with two attached hydrogens (primary N) is 1. The largest absolute Gasteiger partial charge is 0.312 e. The third-order valence-corrected chi connectivity index (χ3v) is 9.41. The minimum atomic E-state index is -0.363. The number of nitrogens with one attached hydrogen (secondary N) is 2. The van der Waals surface area contributed by atoms with Gasteiger partial charge in [0.25, 0.3) is 0 Å². The maximum Gasteiger partial charge on any atom is 0.0858 e. The lowest BCUT2D eigenvalue weighted by Crippen LogP contribution is -2.40. The lowest BCUT2D eigenvalue weighted by atomic mass is 9.88. The topological polar surface area (TPSA) is 50.1 Å². The Kier molecular flexibility index (Phi) is 8.24. The van der Waals surface area contributed by atoms with Gasteiger partial charge in [-0.25, -0.2) is 0 Å². The van der Waals surface area contributed by atoms with Crippen molar-refractivity contribution in [3.05, 3.63) is 193 Å². The van der Waals surface area contributed by atoms with Crippen molar-refractivity contribution in [2.24, 2.45) is 5.73 Å². The van der Waals surface area contributed by atoms with E-state index in [1.807, 2.05) is 18.2 Å². The molecule has 2 atom stereocenters. The number of benzene rings is 8. The Balaban J connectivity index is 1.23. The van der Waals surface area contributed by atoms with Gasteiger partial charge in [0.2, 0.25) is 0 Å². The standard InChI is InChI=1S/C45H37N3/c46-44(33-18-5-2-6-19-33)48-45(41-26-14-13-22-36(41)31-15-3-1-4-16-31)47-30-35-21-9-12-25-39(35)43-38-24-11-8-20-34(38)29-42-37-23-10-7-17-32(37)27-28-40(42)43/h1-29,44-45,47-48H,30,46H2. The second-order valence-electron chi connectivity index (χ2n) is 12.3. The highest BCUT2D eigenvalue weighted by Crippen LogP contribution is 2.40. The molecule has 0 aliphatic rings. The highest BCUT2D eigenvalue weighted by atomic mass is 15.2. The molecule has 3 nitrogen and oxygen atoms in total. The van der Waals surface area contributed by atoms with Gasteiger partial charge in [-0.15, -0.1) is 0 Å². The summed E-state index contributed by atoms with van der Waals surface area (Å²) in [6, 6.07) is 62.5. The Labute approximate surface area is 281 Å². The first-order chi connectivity index (χ1) is 23.7. The summed E-state index contributed by atoms with van der Waals surface area (Å²) in [7, 11) is 0. The van der Waals surface area contributed by atoms with Gasteiger partial charge < -0.3 is 5.73 Å². The number of hydrogen-bond donors (Lipinski definition) is 3. The normalized spacial score (nSPS) is 12.8. The summed E-state index contributed by atoms with van der Waals surface area (Å²) < 4.78 is 0. The van der Waals surface area contributed by atoms with Crippen LogP contribution in [0.15, 0.2) is 176 Å². The van der Waals surface area contributed by atoms with Crippen molar-refractivity contribution in [2.45, 2.75) is 18.9 Å². The molecule has 48 heavy (non-hydrogen) atoms. The van der Waals surface area contributed by atoms with E-state index in [1.54, 1.807) is 0 Å². The molecule has 0 aromatic heterocycles. The molecule has 0 saturated carbocycles. The van der Waals surface area contributed by atoms with E-state index in [2.05, 4.69) is 168 Å². The molecule has 0 aliphatic heterocycles. The third kappa shape index (κ3) is 5.76. The SMILES string of the molecule is NC(NC(NCc1ccccc1-c1c2ccccc2cc2c1ccc1ccccc12)c1ccccc1-c1ccccc1)c1ccccc1. The zero-order valence-corrected chi connectivity index (χ0v) is 26.7. The summed E-state index contributed by atoms with van der Waals surface area (Å²) in [5, 5.41) is 15.2. The average molecular weight is 620 g/mol. The van der Waals surface area contributed by atoms with Crippen molar-refractivity contribution in [1.82, 2.24) is 10.6 Å². The Morgan fingerprint density at radius 3 is 1.92 bits per heavy atom.